The molecule has 0 bridgehead atoms. The summed E-state index contributed by atoms with van der Waals surface area (Å²) in [5.41, 5.74) is 1.09. The Morgan fingerprint density at radius 1 is 1.00 bits per heavy atom. The van der Waals surface area contributed by atoms with Crippen LogP contribution in [0.4, 0.5) is 11.4 Å². The van der Waals surface area contributed by atoms with E-state index in [1.165, 1.54) is 27.5 Å². The van der Waals surface area contributed by atoms with Crippen LogP contribution in [0.1, 0.15) is 0 Å². The molecule has 0 atom stereocenters. The lowest BCUT2D eigenvalue weighted by Gasteiger charge is -2.14. The van der Waals surface area contributed by atoms with Crippen molar-refractivity contribution < 1.29 is 19.0 Å². The second-order valence-corrected chi connectivity index (χ2v) is 5.05. The van der Waals surface area contributed by atoms with E-state index in [0.29, 0.717) is 28.6 Å². The van der Waals surface area contributed by atoms with Crippen molar-refractivity contribution in [3.8, 4) is 23.3 Å². The molecule has 0 aliphatic rings. The van der Waals surface area contributed by atoms with E-state index in [1.54, 1.807) is 36.4 Å². The molecule has 0 unspecified atom stereocenters. The third kappa shape index (κ3) is 4.45. The summed E-state index contributed by atoms with van der Waals surface area (Å²) in [6.07, 6.45) is 1.32. The van der Waals surface area contributed by atoms with Gasteiger partial charge in [-0.25, -0.2) is 0 Å². The van der Waals surface area contributed by atoms with Crippen LogP contribution >= 0.6 is 0 Å². The van der Waals surface area contributed by atoms with Crippen molar-refractivity contribution in [3.63, 3.8) is 0 Å². The molecule has 0 aliphatic carbocycles. The van der Waals surface area contributed by atoms with Crippen LogP contribution in [-0.2, 0) is 4.79 Å². The van der Waals surface area contributed by atoms with Crippen LogP contribution in [-0.4, -0.2) is 27.2 Å². The largest absolute Gasteiger partial charge is 0.493 e. The monoisotopic (exact) mass is 353 g/mol. The van der Waals surface area contributed by atoms with Crippen molar-refractivity contribution in [1.82, 2.24) is 0 Å². The molecular weight excluding hydrogens is 334 g/mol. The van der Waals surface area contributed by atoms with E-state index in [2.05, 4.69) is 10.6 Å². The van der Waals surface area contributed by atoms with Crippen LogP contribution in [0.15, 0.2) is 54.2 Å². The Kier molecular flexibility index (Phi) is 6.46. The number of anilines is 2. The van der Waals surface area contributed by atoms with E-state index in [1.807, 2.05) is 12.1 Å². The van der Waals surface area contributed by atoms with Crippen LogP contribution in [0.5, 0.6) is 17.2 Å². The maximum absolute atomic E-state index is 12.2. The zero-order valence-corrected chi connectivity index (χ0v) is 14.7. The number of nitrogens with one attached hydrogen (secondary N) is 2. The molecule has 0 saturated carbocycles. The van der Waals surface area contributed by atoms with E-state index in [9.17, 15) is 10.1 Å². The van der Waals surface area contributed by atoms with Crippen molar-refractivity contribution in [1.29, 1.82) is 5.26 Å². The summed E-state index contributed by atoms with van der Waals surface area (Å²) >= 11 is 0. The number of carbonyl (C=O) groups excluding carboxylic acids is 1. The number of methoxy groups -OCH3 is 3. The van der Waals surface area contributed by atoms with E-state index in [4.69, 9.17) is 14.2 Å². The van der Waals surface area contributed by atoms with Gasteiger partial charge in [0.25, 0.3) is 5.91 Å². The number of amides is 1. The van der Waals surface area contributed by atoms with Crippen LogP contribution in [0.25, 0.3) is 0 Å². The highest BCUT2D eigenvalue weighted by Crippen LogP contribution is 2.39. The summed E-state index contributed by atoms with van der Waals surface area (Å²) in [5.74, 6) is 0.843. The van der Waals surface area contributed by atoms with E-state index >= 15 is 0 Å². The average Bonchev–Trinajstić information content (AvgIpc) is 2.68. The number of para-hydroxylation sites is 1. The smallest absolute Gasteiger partial charge is 0.267 e. The van der Waals surface area contributed by atoms with Crippen molar-refractivity contribution in [2.75, 3.05) is 32.0 Å². The number of ether oxygens (including phenoxy) is 3. The van der Waals surface area contributed by atoms with Gasteiger partial charge in [-0.05, 0) is 12.1 Å². The van der Waals surface area contributed by atoms with Crippen LogP contribution in [0.2, 0.25) is 0 Å². The number of rotatable bonds is 7. The Balaban J connectivity index is 2.21. The molecule has 134 valence electrons. The fourth-order valence-corrected chi connectivity index (χ4v) is 2.19. The quantitative estimate of drug-likeness (QED) is 0.587. The molecule has 2 rings (SSSR count). The predicted molar refractivity (Wildman–Crippen MR) is 98.5 cm³/mol. The summed E-state index contributed by atoms with van der Waals surface area (Å²) < 4.78 is 15.8. The predicted octanol–water partition coefficient (Wildman–Crippen LogP) is 3.17. The van der Waals surface area contributed by atoms with Gasteiger partial charge in [0.15, 0.2) is 11.5 Å². The Labute approximate surface area is 151 Å². The molecule has 2 aromatic carbocycles. The van der Waals surface area contributed by atoms with Gasteiger partial charge < -0.3 is 24.8 Å². The summed E-state index contributed by atoms with van der Waals surface area (Å²) in [4.78, 5) is 12.2. The van der Waals surface area contributed by atoms with Crippen molar-refractivity contribution in [2.24, 2.45) is 0 Å². The van der Waals surface area contributed by atoms with Gasteiger partial charge in [0.1, 0.15) is 11.6 Å². The fraction of sp³-hybridized carbons (Fsp3) is 0.158. The minimum atomic E-state index is -0.515. The number of nitrogens with zero attached hydrogens (tertiary/aromatic N) is 1. The summed E-state index contributed by atoms with van der Waals surface area (Å²) in [6, 6.07) is 14.1. The summed E-state index contributed by atoms with van der Waals surface area (Å²) in [6.45, 7) is 0. The molecule has 0 aromatic heterocycles. The third-order valence-corrected chi connectivity index (χ3v) is 3.44. The van der Waals surface area contributed by atoms with Gasteiger partial charge in [0.2, 0.25) is 5.75 Å². The first kappa shape index (κ1) is 18.7. The van der Waals surface area contributed by atoms with Gasteiger partial charge >= 0.3 is 0 Å². The molecule has 26 heavy (non-hydrogen) atoms. The normalized spacial score (nSPS) is 10.5. The lowest BCUT2D eigenvalue weighted by atomic mass is 10.2. The molecule has 2 aromatic rings. The number of carbonyl (C=O) groups is 1. The molecule has 0 aliphatic heterocycles. The molecule has 2 N–H and O–H groups in total. The second-order valence-electron chi connectivity index (χ2n) is 5.05. The lowest BCUT2D eigenvalue weighted by molar-refractivity contribution is -0.112. The highest BCUT2D eigenvalue weighted by Gasteiger charge is 2.14. The van der Waals surface area contributed by atoms with Gasteiger partial charge in [-0.15, -0.1) is 0 Å². The molecule has 0 heterocycles. The first-order valence-electron chi connectivity index (χ1n) is 7.66. The number of hydrogen-bond donors (Lipinski definition) is 2. The standard InChI is InChI=1S/C19H19N3O4/c1-24-16-9-15(10-17(25-2)18(16)26-3)21-12-13(11-20)19(23)22-14-7-5-4-6-8-14/h4-10,12,21H,1-3H3,(H,22,23). The molecular formula is C19H19N3O4. The Morgan fingerprint density at radius 2 is 1.62 bits per heavy atom. The van der Waals surface area contributed by atoms with Gasteiger partial charge in [-0.1, -0.05) is 18.2 Å². The molecule has 0 saturated heterocycles. The summed E-state index contributed by atoms with van der Waals surface area (Å²) in [7, 11) is 4.52. The van der Waals surface area contributed by atoms with Gasteiger partial charge in [-0.2, -0.15) is 5.26 Å². The maximum Gasteiger partial charge on any atom is 0.267 e. The van der Waals surface area contributed by atoms with E-state index in [0.717, 1.165) is 0 Å². The highest BCUT2D eigenvalue weighted by atomic mass is 16.5. The molecule has 7 heteroatoms. The first-order chi connectivity index (χ1) is 12.6. The second kappa shape index (κ2) is 8.99. The Morgan fingerprint density at radius 3 is 2.12 bits per heavy atom. The van der Waals surface area contributed by atoms with Crippen LogP contribution in [0.3, 0.4) is 0 Å². The molecule has 7 nitrogen and oxygen atoms in total. The zero-order chi connectivity index (χ0) is 18.9. The Hall–Kier alpha value is -3.66. The lowest BCUT2D eigenvalue weighted by Crippen LogP contribution is -2.14. The average molecular weight is 353 g/mol. The van der Waals surface area contributed by atoms with Crippen molar-refractivity contribution in [3.05, 3.63) is 54.2 Å². The van der Waals surface area contributed by atoms with Crippen molar-refractivity contribution in [2.45, 2.75) is 0 Å². The minimum Gasteiger partial charge on any atom is -0.493 e. The van der Waals surface area contributed by atoms with E-state index < -0.39 is 5.91 Å². The number of benzene rings is 2. The van der Waals surface area contributed by atoms with Gasteiger partial charge in [0, 0.05) is 29.7 Å². The zero-order valence-electron chi connectivity index (χ0n) is 14.7. The van der Waals surface area contributed by atoms with Crippen LogP contribution < -0.4 is 24.8 Å². The molecule has 0 radical (unpaired) electrons. The number of hydrogen-bond acceptors (Lipinski definition) is 6. The van der Waals surface area contributed by atoms with Crippen molar-refractivity contribution >= 4 is 17.3 Å². The molecule has 0 spiro atoms. The summed E-state index contributed by atoms with van der Waals surface area (Å²) in [5, 5.41) is 14.8. The Bertz CT molecular complexity index is 817. The van der Waals surface area contributed by atoms with Crippen LogP contribution in [0, 0.1) is 11.3 Å². The topological polar surface area (TPSA) is 92.6 Å². The van der Waals surface area contributed by atoms with E-state index in [-0.39, 0.29) is 5.57 Å². The van der Waals surface area contributed by atoms with Gasteiger partial charge in [0.05, 0.1) is 21.3 Å². The first-order valence-corrected chi connectivity index (χ1v) is 7.66. The molecule has 0 fully saturated rings. The SMILES string of the molecule is COc1cc(NC=C(C#N)C(=O)Nc2ccccc2)cc(OC)c1OC. The molecule has 1 amide bonds. The maximum atomic E-state index is 12.2. The third-order valence-electron chi connectivity index (χ3n) is 3.44. The fourth-order valence-electron chi connectivity index (χ4n) is 2.19. The number of nitriles is 1. The minimum absolute atomic E-state index is 0.0809. The highest BCUT2D eigenvalue weighted by molar-refractivity contribution is 6.06. The van der Waals surface area contributed by atoms with Gasteiger partial charge in [-0.3, -0.25) is 4.79 Å².